The number of aliphatic carboxylic acids is 1. The summed E-state index contributed by atoms with van der Waals surface area (Å²) >= 11 is -0.359. The van der Waals surface area contributed by atoms with Crippen LogP contribution in [-0.4, -0.2) is 178 Å². The molecule has 27 nitrogen and oxygen atoms in total. The third-order valence-corrected chi connectivity index (χ3v) is 18.8. The summed E-state index contributed by atoms with van der Waals surface area (Å²) in [5, 5.41) is 41.3. The van der Waals surface area contributed by atoms with Crippen molar-refractivity contribution in [2.24, 2.45) is 44.6 Å². The van der Waals surface area contributed by atoms with Gasteiger partial charge in [0.1, 0.15) is 36.3 Å². The van der Waals surface area contributed by atoms with Gasteiger partial charge in [-0.25, -0.2) is 4.79 Å². The van der Waals surface area contributed by atoms with Gasteiger partial charge in [-0.2, -0.15) is 0 Å². The van der Waals surface area contributed by atoms with Gasteiger partial charge in [0.2, 0.25) is 29.5 Å². The molecule has 0 saturated carbocycles. The van der Waals surface area contributed by atoms with Crippen molar-refractivity contribution in [3.63, 3.8) is 0 Å². The molecule has 1 aliphatic heterocycles. The first-order chi connectivity index (χ1) is 41.6. The van der Waals surface area contributed by atoms with Gasteiger partial charge in [-0.05, 0) is 76.1 Å². The van der Waals surface area contributed by atoms with Crippen LogP contribution in [0.25, 0.3) is 26.2 Å². The first kappa shape index (κ1) is 68.4. The third kappa shape index (κ3) is 19.9. The van der Waals surface area contributed by atoms with Crippen molar-refractivity contribution in [1.82, 2.24) is 45.8 Å². The fourth-order valence-electron chi connectivity index (χ4n) is 9.40. The van der Waals surface area contributed by atoms with Crippen molar-refractivity contribution in [1.29, 1.82) is 0 Å². The van der Waals surface area contributed by atoms with Gasteiger partial charge in [-0.15, -0.1) is 0 Å². The summed E-state index contributed by atoms with van der Waals surface area (Å²) in [6, 6.07) is 9.35. The van der Waals surface area contributed by atoms with Crippen LogP contribution in [0.3, 0.4) is 0 Å². The number of para-hydroxylation sites is 1. The number of aliphatic hydroxyl groups excluding tert-OH is 1. The molecule has 0 radical (unpaired) electrons. The normalized spacial score (nSPS) is 21.3. The molecular formula is C57H78N16O11S2Se. The second-order valence-corrected chi connectivity index (χ2v) is 25.9. The van der Waals surface area contributed by atoms with Crippen molar-refractivity contribution in [2.45, 2.75) is 127 Å². The van der Waals surface area contributed by atoms with Crippen molar-refractivity contribution in [3.05, 3.63) is 100 Å². The quantitative estimate of drug-likeness (QED) is 0.0137. The summed E-state index contributed by atoms with van der Waals surface area (Å²) in [6.07, 6.45) is 0.653. The Morgan fingerprint density at radius 1 is 0.759 bits per heavy atom. The number of hydrogen-bond donors (Lipinski definition) is 15. The number of nitrogens with two attached hydrogens (primary N) is 5. The number of amides is 7. The standard InChI is InChI=1S/C57H78N16O11S2Se/c1-30(2)25-42(56(83)84)69-53(80)44-29-86-85-28-43(70-48(75)32-17-19-34(20-18-32)73-55(82)36-12-5-7-16-45(36)87-73)52(79)66-38(21-23-59)47(60)65-39(15-10-24-63-57(61)62)49(76)68-41(26-33-27-64-37-13-6-4-11-35(33)37)51(78)72-46(31(3)74)54(81)67-40(50(77)71-44)14-8-9-22-58/h4-7,11-13,16-20,27,30-31,38-44,46,64,74H,8-10,14-15,21-26,28-29,58-59H2,1-3H3,(H2,60,65)(H,66,79)(H,67,81)(H,68,76)(H,69,80)(H,70,75)(H,71,77)(H,72,78)(H,83,84)(H4,61,62,63)/t31-,38+,39+,40+,41+,42+,43+,44+,46+/m1/s1. The molecule has 0 fully saturated rings. The Hall–Kier alpha value is -7.73. The number of benzene rings is 3. The number of rotatable bonds is 21. The molecule has 5 aromatic rings. The molecule has 0 spiro atoms. The molecule has 0 unspecified atom stereocenters. The van der Waals surface area contributed by atoms with Crippen molar-refractivity contribution in [3.8, 4) is 5.69 Å². The Labute approximate surface area is 516 Å². The van der Waals surface area contributed by atoms with Gasteiger partial charge in [-0.3, -0.25) is 34.0 Å². The summed E-state index contributed by atoms with van der Waals surface area (Å²) < 4.78 is 2.54. The SMILES string of the molecule is CC(C)C[C@H](NC(=O)[C@@H]1CSSC[C@H](NC(=O)c2ccc(-n3[se]c4ccccc4c3=O)cc2)C(=O)N[C@@H](CCN)C(N)=N[C@@H](CCCN=C(N)N)C(=O)N[C@@H](Cc2c[nH]c3ccccc23)C(=O)N[C@@H]([C@@H](C)O)C(=O)N[C@@H](CCCCN)C(=O)N1)C(=O)O. The van der Waals surface area contributed by atoms with Gasteiger partial charge in [0, 0.05) is 30.1 Å². The molecule has 6 rings (SSSR count). The number of carbonyl (C=O) groups excluding carboxylic acids is 7. The van der Waals surface area contributed by atoms with E-state index in [0.717, 1.165) is 25.8 Å². The first-order valence-electron chi connectivity index (χ1n) is 28.4. The van der Waals surface area contributed by atoms with E-state index in [-0.39, 0.29) is 120 Å². The number of nitrogens with one attached hydrogen (secondary N) is 8. The molecular weight excluding hydrogens is 1230 g/mol. The number of H-pyrrole nitrogens is 1. The van der Waals surface area contributed by atoms with E-state index in [1.54, 1.807) is 66.1 Å². The molecule has 0 aliphatic carbocycles. The minimum atomic E-state index is -1.73. The number of nitrogens with zero attached hydrogens (tertiary/aromatic N) is 3. The number of carbonyl (C=O) groups is 8. The molecule has 30 heteroatoms. The minimum absolute atomic E-state index is 0.0275. The van der Waals surface area contributed by atoms with Gasteiger partial charge >= 0.3 is 194 Å². The molecule has 0 saturated heterocycles. The average molecular weight is 1310 g/mol. The van der Waals surface area contributed by atoms with Crippen LogP contribution in [0.1, 0.15) is 81.6 Å². The Bertz CT molecular complexity index is 3330. The van der Waals surface area contributed by atoms with E-state index in [4.69, 9.17) is 28.7 Å². The summed E-state index contributed by atoms with van der Waals surface area (Å²) in [6.45, 7) is 4.99. The van der Waals surface area contributed by atoms with Gasteiger partial charge in [0.25, 0.3) is 0 Å². The van der Waals surface area contributed by atoms with Gasteiger partial charge in [-0.1, -0.05) is 32.0 Å². The van der Waals surface area contributed by atoms with E-state index in [9.17, 15) is 53.4 Å². The fraction of sp³-hybridized carbons (Fsp3) is 0.456. The zero-order valence-corrected chi connectivity index (χ0v) is 51.8. The average Bonchev–Trinajstić information content (AvgIpc) is 4.18. The number of carboxylic acids is 1. The Kier molecular flexibility index (Phi) is 26.3. The number of hydrogen-bond acceptors (Lipinski definition) is 17. The number of aromatic nitrogens is 2. The second kappa shape index (κ2) is 33.4. The molecule has 3 heterocycles. The van der Waals surface area contributed by atoms with Gasteiger partial charge in [0.05, 0.1) is 6.10 Å². The van der Waals surface area contributed by atoms with Crippen LogP contribution in [0.5, 0.6) is 0 Å². The van der Waals surface area contributed by atoms with Gasteiger partial charge in [0.15, 0.2) is 5.96 Å². The van der Waals surface area contributed by atoms with E-state index >= 15 is 0 Å². The maximum absolute atomic E-state index is 14.7. The topological polar surface area (TPSA) is 454 Å². The van der Waals surface area contributed by atoms with E-state index in [0.29, 0.717) is 34.0 Å². The molecule has 470 valence electrons. The zero-order chi connectivity index (χ0) is 63.3. The van der Waals surface area contributed by atoms with Crippen LogP contribution in [0.4, 0.5) is 0 Å². The Morgan fingerprint density at radius 3 is 2.09 bits per heavy atom. The maximum atomic E-state index is 14.7. The van der Waals surface area contributed by atoms with Crippen molar-refractivity contribution in [2.75, 3.05) is 31.1 Å². The number of amidine groups is 1. The molecule has 87 heavy (non-hydrogen) atoms. The minimum Gasteiger partial charge on any atom is -0.480 e. The van der Waals surface area contributed by atoms with E-state index in [1.165, 1.54) is 19.1 Å². The molecule has 9 atom stereocenters. The number of aliphatic hydroxyl groups is 1. The number of guanidine groups is 1. The van der Waals surface area contributed by atoms with Crippen LogP contribution in [0.15, 0.2) is 93.8 Å². The third-order valence-electron chi connectivity index (χ3n) is 14.0. The van der Waals surface area contributed by atoms with E-state index < -0.39 is 102 Å². The van der Waals surface area contributed by atoms with Crippen LogP contribution < -0.4 is 71.4 Å². The first-order valence-corrected chi connectivity index (χ1v) is 32.5. The fourth-order valence-corrected chi connectivity index (χ4v) is 13.8. The Balaban J connectivity index is 1.42. The summed E-state index contributed by atoms with van der Waals surface area (Å²) in [5.41, 5.74) is 31.7. The molecule has 7 amide bonds. The number of aliphatic imine (C=N–C) groups is 2. The van der Waals surface area contributed by atoms with Gasteiger partial charge < -0.3 is 70.4 Å². The number of fused-ring (bicyclic) bond motifs is 2. The van der Waals surface area contributed by atoms with E-state index in [2.05, 4.69) is 52.2 Å². The second-order valence-electron chi connectivity index (χ2n) is 21.3. The number of aromatic amines is 1. The zero-order valence-electron chi connectivity index (χ0n) is 48.5. The van der Waals surface area contributed by atoms with Crippen LogP contribution in [0, 0.1) is 5.92 Å². The number of unbranched alkanes of at least 4 members (excludes halogenated alkanes) is 1. The summed E-state index contributed by atoms with van der Waals surface area (Å²) in [5.74, 6) is -8.43. The van der Waals surface area contributed by atoms with Crippen LogP contribution in [0.2, 0.25) is 0 Å². The van der Waals surface area contributed by atoms with E-state index in [1.807, 2.05) is 18.2 Å². The molecule has 20 N–H and O–H groups in total. The molecule has 1 aliphatic rings. The summed E-state index contributed by atoms with van der Waals surface area (Å²) in [7, 11) is 2.01. The predicted molar refractivity (Wildman–Crippen MR) is 337 cm³/mol. The van der Waals surface area contributed by atoms with Crippen LogP contribution in [-0.2, 0) is 40.0 Å². The molecule has 2 aromatic heterocycles. The summed E-state index contributed by atoms with van der Waals surface area (Å²) in [4.78, 5) is 139. The number of carboxylic acid groups (broad SMARTS) is 1. The molecule has 3 aromatic carbocycles. The van der Waals surface area contributed by atoms with Crippen molar-refractivity contribution >= 4 is 116 Å². The van der Waals surface area contributed by atoms with Crippen LogP contribution >= 0.6 is 21.6 Å². The smallest absolute Gasteiger partial charge is 0.480 e. The predicted octanol–water partition coefficient (Wildman–Crippen LogP) is -1.06. The molecule has 0 bridgehead atoms. The van der Waals surface area contributed by atoms with Crippen molar-refractivity contribution < 1.29 is 48.6 Å². The monoisotopic (exact) mass is 1310 g/mol. The Morgan fingerprint density at radius 2 is 1.43 bits per heavy atom.